The Bertz CT molecular complexity index is 594. The van der Waals surface area contributed by atoms with Crippen LogP contribution in [0.1, 0.15) is 19.3 Å². The average molecular weight is 321 g/mol. The predicted molar refractivity (Wildman–Crippen MR) is 73.6 cm³/mol. The number of rotatable bonds is 2. The molecule has 0 aromatic carbocycles. The molecule has 94 valence electrons. The summed E-state index contributed by atoms with van der Waals surface area (Å²) in [5.74, 6) is -0.876. The molecule has 0 bridgehead atoms. The second-order valence-electron chi connectivity index (χ2n) is 3.11. The van der Waals surface area contributed by atoms with Crippen LogP contribution in [-0.4, -0.2) is 11.8 Å². The molecule has 0 aliphatic carbocycles. The zero-order chi connectivity index (χ0) is 13.1. The zero-order valence-corrected chi connectivity index (χ0v) is 11.8. The molecule has 8 heteroatoms. The monoisotopic (exact) mass is 320 g/mol. The third-order valence-electron chi connectivity index (χ3n) is 1.91. The highest BCUT2D eigenvalue weighted by atomic mass is 35.5. The van der Waals surface area contributed by atoms with E-state index in [-0.39, 0.29) is 0 Å². The molecular formula is C10H6Cl2N2O2S2. The second kappa shape index (κ2) is 5.71. The fourth-order valence-corrected chi connectivity index (χ4v) is 3.10. The average Bonchev–Trinajstić information content (AvgIpc) is 2.94. The minimum Gasteiger partial charge on any atom is -0.266 e. The molecule has 0 aliphatic heterocycles. The predicted octanol–water partition coefficient (Wildman–Crippen LogP) is 3.19. The van der Waals surface area contributed by atoms with Crippen LogP contribution in [0.15, 0.2) is 23.6 Å². The first-order valence-corrected chi connectivity index (χ1v) is 7.12. The molecule has 0 saturated carbocycles. The lowest BCUT2D eigenvalue weighted by Crippen LogP contribution is -2.41. The van der Waals surface area contributed by atoms with Gasteiger partial charge < -0.3 is 0 Å². The highest BCUT2D eigenvalue weighted by molar-refractivity contribution is 7.18. The largest absolute Gasteiger partial charge is 0.281 e. The van der Waals surface area contributed by atoms with Gasteiger partial charge in [0.2, 0.25) is 0 Å². The van der Waals surface area contributed by atoms with Gasteiger partial charge in [-0.15, -0.1) is 22.7 Å². The molecular weight excluding hydrogens is 315 g/mol. The van der Waals surface area contributed by atoms with E-state index in [1.807, 2.05) is 0 Å². The topological polar surface area (TPSA) is 58.2 Å². The van der Waals surface area contributed by atoms with Crippen LogP contribution >= 0.6 is 45.9 Å². The molecule has 2 aromatic heterocycles. The number of carbonyl (C=O) groups is 2. The van der Waals surface area contributed by atoms with Gasteiger partial charge in [0.15, 0.2) is 0 Å². The van der Waals surface area contributed by atoms with Crippen LogP contribution in [0.4, 0.5) is 0 Å². The molecule has 0 unspecified atom stereocenters. The molecule has 0 saturated heterocycles. The number of hydrogen-bond donors (Lipinski definition) is 2. The first-order chi connectivity index (χ1) is 8.58. The first-order valence-electron chi connectivity index (χ1n) is 4.67. The molecule has 18 heavy (non-hydrogen) atoms. The van der Waals surface area contributed by atoms with E-state index < -0.39 is 11.8 Å². The third kappa shape index (κ3) is 3.02. The zero-order valence-electron chi connectivity index (χ0n) is 8.70. The van der Waals surface area contributed by atoms with Gasteiger partial charge in [0, 0.05) is 0 Å². The van der Waals surface area contributed by atoms with Crippen molar-refractivity contribution in [3.8, 4) is 0 Å². The molecule has 4 nitrogen and oxygen atoms in total. The van der Waals surface area contributed by atoms with Gasteiger partial charge in [0.1, 0.15) is 4.88 Å². The molecule has 2 rings (SSSR count). The SMILES string of the molecule is O=C(NNC(=O)c1sccc1Cl)c1ccc(Cl)s1. The van der Waals surface area contributed by atoms with E-state index in [0.717, 1.165) is 11.3 Å². The molecule has 2 heterocycles. The van der Waals surface area contributed by atoms with E-state index in [1.165, 1.54) is 11.3 Å². The van der Waals surface area contributed by atoms with E-state index in [1.54, 1.807) is 23.6 Å². The number of hydrazine groups is 1. The lowest BCUT2D eigenvalue weighted by Gasteiger charge is -2.04. The maximum absolute atomic E-state index is 11.6. The van der Waals surface area contributed by atoms with Crippen molar-refractivity contribution in [1.82, 2.24) is 10.9 Å². The summed E-state index contributed by atoms with van der Waals surface area (Å²) < 4.78 is 0.507. The van der Waals surface area contributed by atoms with Crippen molar-refractivity contribution in [3.05, 3.63) is 42.7 Å². The van der Waals surface area contributed by atoms with Crippen LogP contribution in [0, 0.1) is 0 Å². The van der Waals surface area contributed by atoms with Gasteiger partial charge in [-0.2, -0.15) is 0 Å². The van der Waals surface area contributed by atoms with Gasteiger partial charge in [-0.3, -0.25) is 20.4 Å². The van der Waals surface area contributed by atoms with Crippen molar-refractivity contribution in [2.75, 3.05) is 0 Å². The van der Waals surface area contributed by atoms with Crippen LogP contribution in [0.5, 0.6) is 0 Å². The van der Waals surface area contributed by atoms with Gasteiger partial charge in [-0.1, -0.05) is 23.2 Å². The normalized spacial score (nSPS) is 10.1. The van der Waals surface area contributed by atoms with E-state index in [4.69, 9.17) is 23.2 Å². The molecule has 2 amide bonds. The lowest BCUT2D eigenvalue weighted by molar-refractivity contribution is 0.0851. The smallest absolute Gasteiger partial charge is 0.266 e. The fourth-order valence-electron chi connectivity index (χ4n) is 1.12. The Morgan fingerprint density at radius 1 is 1.06 bits per heavy atom. The maximum Gasteiger partial charge on any atom is 0.281 e. The highest BCUT2D eigenvalue weighted by Gasteiger charge is 2.14. The Morgan fingerprint density at radius 2 is 1.78 bits per heavy atom. The Hall–Kier alpha value is -1.08. The summed E-state index contributed by atoms with van der Waals surface area (Å²) in [6.07, 6.45) is 0. The standard InChI is InChI=1S/C10H6Cl2N2O2S2/c11-5-3-4-17-8(5)10(16)14-13-9(15)6-1-2-7(12)18-6/h1-4H,(H,13,15)(H,14,16). The van der Waals surface area contributed by atoms with Crippen LogP contribution < -0.4 is 10.9 Å². The van der Waals surface area contributed by atoms with E-state index >= 15 is 0 Å². The van der Waals surface area contributed by atoms with Crippen molar-refractivity contribution >= 4 is 57.7 Å². The van der Waals surface area contributed by atoms with Gasteiger partial charge in [-0.25, -0.2) is 0 Å². The lowest BCUT2D eigenvalue weighted by atomic mass is 10.4. The fraction of sp³-hybridized carbons (Fsp3) is 0. The number of carbonyl (C=O) groups excluding carboxylic acids is 2. The van der Waals surface area contributed by atoms with Gasteiger partial charge in [0.25, 0.3) is 11.8 Å². The third-order valence-corrected chi connectivity index (χ3v) is 4.48. The van der Waals surface area contributed by atoms with Crippen LogP contribution in [0.25, 0.3) is 0 Å². The molecule has 0 aliphatic rings. The van der Waals surface area contributed by atoms with Gasteiger partial charge in [0.05, 0.1) is 14.2 Å². The molecule has 0 fully saturated rings. The minimum absolute atomic E-state index is 0.348. The summed E-state index contributed by atoms with van der Waals surface area (Å²) in [4.78, 5) is 24.0. The van der Waals surface area contributed by atoms with E-state index in [2.05, 4.69) is 10.9 Å². The summed E-state index contributed by atoms with van der Waals surface area (Å²) in [7, 11) is 0. The van der Waals surface area contributed by atoms with Crippen molar-refractivity contribution in [2.45, 2.75) is 0 Å². The Balaban J connectivity index is 1.94. The second-order valence-corrected chi connectivity index (χ2v) is 6.15. The molecule has 0 radical (unpaired) electrons. The van der Waals surface area contributed by atoms with Crippen LogP contribution in [0.2, 0.25) is 9.36 Å². The Labute approximate surface area is 120 Å². The summed E-state index contributed by atoms with van der Waals surface area (Å²) in [5.41, 5.74) is 4.57. The number of hydrogen-bond acceptors (Lipinski definition) is 4. The molecule has 2 N–H and O–H groups in total. The summed E-state index contributed by atoms with van der Waals surface area (Å²) in [6.45, 7) is 0. The number of nitrogens with one attached hydrogen (secondary N) is 2. The van der Waals surface area contributed by atoms with E-state index in [0.29, 0.717) is 19.1 Å². The first kappa shape index (κ1) is 13.4. The van der Waals surface area contributed by atoms with Gasteiger partial charge in [-0.05, 0) is 23.6 Å². The number of amides is 2. The summed E-state index contributed by atoms with van der Waals surface area (Å²) in [5, 5.41) is 2.05. The van der Waals surface area contributed by atoms with Crippen molar-refractivity contribution in [2.24, 2.45) is 0 Å². The Morgan fingerprint density at radius 3 is 2.33 bits per heavy atom. The van der Waals surface area contributed by atoms with E-state index in [9.17, 15) is 9.59 Å². The minimum atomic E-state index is -0.453. The van der Waals surface area contributed by atoms with Crippen LogP contribution in [0.3, 0.4) is 0 Å². The van der Waals surface area contributed by atoms with Crippen molar-refractivity contribution in [3.63, 3.8) is 0 Å². The summed E-state index contributed by atoms with van der Waals surface area (Å²) >= 11 is 13.8. The number of thiophene rings is 2. The number of halogens is 2. The molecule has 0 atom stereocenters. The highest BCUT2D eigenvalue weighted by Crippen LogP contribution is 2.22. The Kier molecular flexibility index (Phi) is 4.23. The summed E-state index contributed by atoms with van der Waals surface area (Å²) in [6, 6.07) is 4.80. The quantitative estimate of drug-likeness (QED) is 0.835. The maximum atomic E-state index is 11.6. The molecule has 0 spiro atoms. The van der Waals surface area contributed by atoms with Crippen LogP contribution in [-0.2, 0) is 0 Å². The van der Waals surface area contributed by atoms with Gasteiger partial charge >= 0.3 is 0 Å². The van der Waals surface area contributed by atoms with Crippen molar-refractivity contribution < 1.29 is 9.59 Å². The van der Waals surface area contributed by atoms with Crippen molar-refractivity contribution in [1.29, 1.82) is 0 Å². The molecule has 2 aromatic rings.